The molecule has 1 aromatic rings. The fourth-order valence-electron chi connectivity index (χ4n) is 6.72. The number of piperazine rings is 1. The first-order chi connectivity index (χ1) is 19.8. The fraction of sp³-hybridized carbons (Fsp3) is 0.727. The highest BCUT2D eigenvalue weighted by atomic mass is 19.1. The molecule has 2 saturated heterocycles. The molecule has 4 N–H and O–H groups in total. The van der Waals surface area contributed by atoms with Crippen molar-refractivity contribution in [2.75, 3.05) is 26.2 Å². The molecule has 42 heavy (non-hydrogen) atoms. The number of carbonyl (C=O) groups is 3. The molecule has 3 aliphatic rings. The predicted molar refractivity (Wildman–Crippen MR) is 163 cm³/mol. The van der Waals surface area contributed by atoms with Crippen molar-refractivity contribution in [3.05, 3.63) is 35.6 Å². The first kappa shape index (κ1) is 32.4. The number of likely N-dealkylation sites (tertiary alicyclic amines) is 1. The summed E-state index contributed by atoms with van der Waals surface area (Å²) in [5.74, 6) is -0.0861. The fourth-order valence-corrected chi connectivity index (χ4v) is 6.72. The topological polar surface area (TPSA) is 103 Å². The molecule has 8 nitrogen and oxygen atoms in total. The summed E-state index contributed by atoms with van der Waals surface area (Å²) in [6.07, 6.45) is 8.40. The number of hydrogen-bond acceptors (Lipinski definition) is 5. The van der Waals surface area contributed by atoms with Gasteiger partial charge in [-0.05, 0) is 77.5 Å². The standard InChI is InChI=1S/C33H52FN5O3/c1-31(2,3)38-30(42)33(20-24-9-7-6-8-10-24)15-17-39(18-16-33)29(41)26(19-23-11-13-25(34)14-12-23)37-28(40)27-21-36-32(4,5)22-35-27/h11-14,24,26-27,35-36H,6-10,15-22H2,1-5H3,(H,37,40)(H,38,42)/t26-,27?/m1/s1. The van der Waals surface area contributed by atoms with Crippen LogP contribution in [0.25, 0.3) is 0 Å². The van der Waals surface area contributed by atoms with Crippen molar-refractivity contribution >= 4 is 17.7 Å². The molecule has 234 valence electrons. The van der Waals surface area contributed by atoms with E-state index in [4.69, 9.17) is 0 Å². The van der Waals surface area contributed by atoms with Crippen LogP contribution in [0.3, 0.4) is 0 Å². The van der Waals surface area contributed by atoms with Crippen LogP contribution in [0.4, 0.5) is 4.39 Å². The van der Waals surface area contributed by atoms with E-state index in [2.05, 4.69) is 35.1 Å². The third-order valence-electron chi connectivity index (χ3n) is 9.27. The van der Waals surface area contributed by atoms with Crippen LogP contribution in [-0.2, 0) is 20.8 Å². The van der Waals surface area contributed by atoms with E-state index in [-0.39, 0.29) is 41.0 Å². The molecule has 3 fully saturated rings. The van der Waals surface area contributed by atoms with E-state index in [0.717, 1.165) is 12.0 Å². The third kappa shape index (κ3) is 8.75. The van der Waals surface area contributed by atoms with Gasteiger partial charge in [0, 0.05) is 43.7 Å². The summed E-state index contributed by atoms with van der Waals surface area (Å²) in [5, 5.41) is 12.9. The molecule has 4 rings (SSSR count). The SMILES string of the molecule is CC(C)(C)NC(=O)C1(CC2CCCCC2)CCN(C(=O)[C@@H](Cc2ccc(F)cc2)NC(=O)C2CNC(C)(C)CN2)CC1. The number of benzene rings is 1. The van der Waals surface area contributed by atoms with E-state index < -0.39 is 17.5 Å². The molecule has 1 unspecified atom stereocenters. The largest absolute Gasteiger partial charge is 0.351 e. The minimum absolute atomic E-state index is 0.0997. The normalized spacial score (nSPS) is 23.6. The summed E-state index contributed by atoms with van der Waals surface area (Å²) in [6, 6.07) is 4.84. The van der Waals surface area contributed by atoms with Crippen LogP contribution in [0.5, 0.6) is 0 Å². The van der Waals surface area contributed by atoms with Crippen LogP contribution in [0, 0.1) is 17.2 Å². The molecule has 3 amide bonds. The van der Waals surface area contributed by atoms with Gasteiger partial charge in [0.2, 0.25) is 17.7 Å². The van der Waals surface area contributed by atoms with E-state index >= 15 is 0 Å². The predicted octanol–water partition coefficient (Wildman–Crippen LogP) is 3.69. The monoisotopic (exact) mass is 585 g/mol. The van der Waals surface area contributed by atoms with Crippen molar-refractivity contribution in [1.29, 1.82) is 0 Å². The Morgan fingerprint density at radius 1 is 1.05 bits per heavy atom. The molecular formula is C33H52FN5O3. The van der Waals surface area contributed by atoms with Gasteiger partial charge in [-0.15, -0.1) is 0 Å². The summed E-state index contributed by atoms with van der Waals surface area (Å²) in [6.45, 7) is 12.2. The zero-order valence-electron chi connectivity index (χ0n) is 26.3. The Morgan fingerprint density at radius 3 is 2.26 bits per heavy atom. The second-order valence-electron chi connectivity index (χ2n) is 14.6. The second-order valence-corrected chi connectivity index (χ2v) is 14.6. The van der Waals surface area contributed by atoms with Gasteiger partial charge in [-0.25, -0.2) is 4.39 Å². The van der Waals surface area contributed by atoms with E-state index in [1.165, 1.54) is 44.2 Å². The number of nitrogens with one attached hydrogen (secondary N) is 4. The summed E-state index contributed by atoms with van der Waals surface area (Å²) >= 11 is 0. The number of hydrogen-bond donors (Lipinski definition) is 4. The average molecular weight is 586 g/mol. The number of rotatable bonds is 8. The minimum atomic E-state index is -0.783. The Morgan fingerprint density at radius 2 is 1.69 bits per heavy atom. The molecule has 0 aromatic heterocycles. The van der Waals surface area contributed by atoms with Crippen molar-refractivity contribution in [3.8, 4) is 0 Å². The van der Waals surface area contributed by atoms with Gasteiger partial charge in [-0.1, -0.05) is 44.2 Å². The zero-order chi connectivity index (χ0) is 30.5. The van der Waals surface area contributed by atoms with Gasteiger partial charge in [0.1, 0.15) is 11.9 Å². The van der Waals surface area contributed by atoms with Gasteiger partial charge < -0.3 is 26.2 Å². The molecule has 1 saturated carbocycles. The quantitative estimate of drug-likeness (QED) is 0.373. The highest BCUT2D eigenvalue weighted by molar-refractivity contribution is 5.90. The molecular weight excluding hydrogens is 533 g/mol. The Kier molecular flexibility index (Phi) is 10.3. The van der Waals surface area contributed by atoms with Crippen molar-refractivity contribution in [2.24, 2.45) is 11.3 Å². The van der Waals surface area contributed by atoms with E-state index in [0.29, 0.717) is 44.9 Å². The van der Waals surface area contributed by atoms with Crippen LogP contribution in [0.1, 0.15) is 91.5 Å². The second kappa shape index (κ2) is 13.4. The third-order valence-corrected chi connectivity index (χ3v) is 9.27. The Labute approximate surface area is 251 Å². The first-order valence-electron chi connectivity index (χ1n) is 15.9. The van der Waals surface area contributed by atoms with Gasteiger partial charge in [0.25, 0.3) is 0 Å². The van der Waals surface area contributed by atoms with Crippen molar-refractivity contribution in [1.82, 2.24) is 26.2 Å². The van der Waals surface area contributed by atoms with Crippen molar-refractivity contribution < 1.29 is 18.8 Å². The summed E-state index contributed by atoms with van der Waals surface area (Å²) in [5.41, 5.74) is -0.159. The smallest absolute Gasteiger partial charge is 0.245 e. The Bertz CT molecular complexity index is 1080. The van der Waals surface area contributed by atoms with Crippen molar-refractivity contribution in [2.45, 2.75) is 116 Å². The average Bonchev–Trinajstić information content (AvgIpc) is 2.93. The minimum Gasteiger partial charge on any atom is -0.351 e. The molecule has 0 radical (unpaired) electrons. The van der Waals surface area contributed by atoms with Gasteiger partial charge in [0.15, 0.2) is 0 Å². The maximum absolute atomic E-state index is 14.0. The molecule has 2 atom stereocenters. The summed E-state index contributed by atoms with van der Waals surface area (Å²) < 4.78 is 13.6. The maximum atomic E-state index is 14.0. The lowest BCUT2D eigenvalue weighted by Crippen LogP contribution is -2.65. The number of piperidine rings is 1. The van der Waals surface area contributed by atoms with Crippen LogP contribution in [-0.4, -0.2) is 72.0 Å². The van der Waals surface area contributed by atoms with Gasteiger partial charge >= 0.3 is 0 Å². The molecule has 9 heteroatoms. The number of carbonyl (C=O) groups excluding carboxylic acids is 3. The zero-order valence-corrected chi connectivity index (χ0v) is 26.3. The Hall–Kier alpha value is -2.52. The van der Waals surface area contributed by atoms with E-state index in [1.54, 1.807) is 12.1 Å². The molecule has 2 aliphatic heterocycles. The lowest BCUT2D eigenvalue weighted by atomic mass is 9.68. The lowest BCUT2D eigenvalue weighted by molar-refractivity contribution is -0.144. The number of nitrogens with zero attached hydrogens (tertiary/aromatic N) is 1. The molecule has 0 bridgehead atoms. The van der Waals surface area contributed by atoms with E-state index in [1.807, 2.05) is 25.7 Å². The van der Waals surface area contributed by atoms with E-state index in [9.17, 15) is 18.8 Å². The molecule has 1 aromatic carbocycles. The summed E-state index contributed by atoms with van der Waals surface area (Å²) in [4.78, 5) is 42.8. The molecule has 1 aliphatic carbocycles. The van der Waals surface area contributed by atoms with Crippen LogP contribution in [0.2, 0.25) is 0 Å². The lowest BCUT2D eigenvalue weighted by Gasteiger charge is -2.45. The number of amides is 3. The van der Waals surface area contributed by atoms with Crippen LogP contribution >= 0.6 is 0 Å². The molecule has 2 heterocycles. The molecule has 0 spiro atoms. The van der Waals surface area contributed by atoms with Crippen molar-refractivity contribution in [3.63, 3.8) is 0 Å². The Balaban J connectivity index is 1.47. The first-order valence-corrected chi connectivity index (χ1v) is 15.9. The number of halogens is 1. The van der Waals surface area contributed by atoms with Gasteiger partial charge in [-0.2, -0.15) is 0 Å². The maximum Gasteiger partial charge on any atom is 0.245 e. The van der Waals surface area contributed by atoms with Crippen LogP contribution in [0.15, 0.2) is 24.3 Å². The highest BCUT2D eigenvalue weighted by Crippen LogP contribution is 2.42. The van der Waals surface area contributed by atoms with Gasteiger partial charge in [0.05, 0.1) is 11.5 Å². The van der Waals surface area contributed by atoms with Gasteiger partial charge in [-0.3, -0.25) is 14.4 Å². The summed E-state index contributed by atoms with van der Waals surface area (Å²) in [7, 11) is 0. The van der Waals surface area contributed by atoms with Crippen LogP contribution < -0.4 is 21.3 Å². The highest BCUT2D eigenvalue weighted by Gasteiger charge is 2.45.